The standard InChI is InChI=1S/C32H25NO3S/c1-23-16-20-29(21-17-23)37(35,36)33-30(26-19-18-24-10-8-9-11-25(24)22-26)32(31(33)34,27-12-4-2-5-13-27)28-14-6-3-7-15-28/h2-22,30H,1H3/t30-/m0/s1. The van der Waals surface area contributed by atoms with Gasteiger partial charge in [-0.2, -0.15) is 0 Å². The Labute approximate surface area is 216 Å². The molecule has 0 unspecified atom stereocenters. The van der Waals surface area contributed by atoms with Crippen LogP contribution in [0, 0.1) is 6.92 Å². The molecule has 5 aromatic rings. The molecule has 1 fully saturated rings. The molecular formula is C32H25NO3S. The van der Waals surface area contributed by atoms with Crippen LogP contribution in [0.1, 0.15) is 28.3 Å². The van der Waals surface area contributed by atoms with Crippen molar-refractivity contribution < 1.29 is 13.2 Å². The third-order valence-corrected chi connectivity index (χ3v) is 9.07. The molecule has 1 amide bonds. The molecule has 0 aromatic heterocycles. The van der Waals surface area contributed by atoms with Crippen molar-refractivity contribution in [3.63, 3.8) is 0 Å². The van der Waals surface area contributed by atoms with Gasteiger partial charge in [0.05, 0.1) is 10.9 Å². The minimum Gasteiger partial charge on any atom is -0.272 e. The molecule has 0 N–H and O–H groups in total. The van der Waals surface area contributed by atoms with E-state index in [4.69, 9.17) is 0 Å². The normalized spacial score (nSPS) is 16.9. The largest absolute Gasteiger partial charge is 0.272 e. The maximum atomic E-state index is 14.4. The van der Waals surface area contributed by atoms with Crippen molar-refractivity contribution in [3.05, 3.63) is 150 Å². The summed E-state index contributed by atoms with van der Waals surface area (Å²) in [6.07, 6.45) is 0. The molecular weight excluding hydrogens is 478 g/mol. The van der Waals surface area contributed by atoms with Crippen LogP contribution < -0.4 is 0 Å². The molecule has 1 atom stereocenters. The summed E-state index contributed by atoms with van der Waals surface area (Å²) in [6.45, 7) is 1.90. The quantitative estimate of drug-likeness (QED) is 0.261. The van der Waals surface area contributed by atoms with Crippen molar-refractivity contribution in [2.75, 3.05) is 0 Å². The number of β-lactam (4-membered cyclic amide) rings is 1. The molecule has 4 nitrogen and oxygen atoms in total. The highest BCUT2D eigenvalue weighted by Crippen LogP contribution is 2.57. The number of carbonyl (C=O) groups excluding carboxylic acids is 1. The average Bonchev–Trinajstić information content (AvgIpc) is 2.93. The van der Waals surface area contributed by atoms with Gasteiger partial charge in [-0.05, 0) is 52.6 Å². The van der Waals surface area contributed by atoms with Crippen LogP contribution in [0.3, 0.4) is 0 Å². The van der Waals surface area contributed by atoms with E-state index in [1.807, 2.05) is 110 Å². The first-order chi connectivity index (χ1) is 17.9. The number of benzene rings is 5. The van der Waals surface area contributed by atoms with E-state index >= 15 is 0 Å². The molecule has 37 heavy (non-hydrogen) atoms. The Balaban J connectivity index is 1.64. The third kappa shape index (κ3) is 3.50. The second-order valence-corrected chi connectivity index (χ2v) is 11.3. The molecule has 0 spiro atoms. The van der Waals surface area contributed by atoms with Gasteiger partial charge in [0.1, 0.15) is 5.41 Å². The summed E-state index contributed by atoms with van der Waals surface area (Å²) in [6, 6.07) is 38.8. The van der Waals surface area contributed by atoms with Gasteiger partial charge in [0, 0.05) is 0 Å². The fourth-order valence-electron chi connectivity index (χ4n) is 5.48. The molecule has 182 valence electrons. The number of nitrogens with zero attached hydrogens (tertiary/aromatic N) is 1. The lowest BCUT2D eigenvalue weighted by Gasteiger charge is -2.55. The van der Waals surface area contributed by atoms with Crippen molar-refractivity contribution in [1.82, 2.24) is 4.31 Å². The van der Waals surface area contributed by atoms with E-state index in [-0.39, 0.29) is 4.90 Å². The van der Waals surface area contributed by atoms with Crippen molar-refractivity contribution in [3.8, 4) is 0 Å². The summed E-state index contributed by atoms with van der Waals surface area (Å²) in [7, 11) is -4.12. The van der Waals surface area contributed by atoms with Gasteiger partial charge in [0.2, 0.25) is 0 Å². The van der Waals surface area contributed by atoms with Crippen LogP contribution >= 0.6 is 0 Å². The van der Waals surface area contributed by atoms with E-state index in [2.05, 4.69) is 0 Å². The molecule has 0 bridgehead atoms. The molecule has 1 heterocycles. The van der Waals surface area contributed by atoms with E-state index < -0.39 is 27.4 Å². The molecule has 6 rings (SSSR count). The zero-order chi connectivity index (χ0) is 25.6. The summed E-state index contributed by atoms with van der Waals surface area (Å²) in [5.74, 6) is -0.455. The fourth-order valence-corrected chi connectivity index (χ4v) is 7.11. The second kappa shape index (κ2) is 8.71. The van der Waals surface area contributed by atoms with Crippen LogP contribution in [0.15, 0.2) is 132 Å². The Morgan fingerprint density at radius 2 is 1.19 bits per heavy atom. The molecule has 0 radical (unpaired) electrons. The maximum absolute atomic E-state index is 14.4. The van der Waals surface area contributed by atoms with Crippen molar-refractivity contribution in [1.29, 1.82) is 0 Å². The Kier molecular flexibility index (Phi) is 5.46. The lowest BCUT2D eigenvalue weighted by molar-refractivity contribution is -0.147. The zero-order valence-corrected chi connectivity index (χ0v) is 21.1. The summed E-state index contributed by atoms with van der Waals surface area (Å²) in [5, 5.41) is 2.04. The number of carbonyl (C=O) groups is 1. The van der Waals surface area contributed by atoms with Gasteiger partial charge in [-0.3, -0.25) is 4.79 Å². The SMILES string of the molecule is Cc1ccc(S(=O)(=O)N2C(=O)C(c3ccccc3)(c3ccccc3)[C@@H]2c2ccc3ccccc3c2)cc1. The Bertz CT molecular complexity index is 1670. The van der Waals surface area contributed by atoms with Gasteiger partial charge >= 0.3 is 0 Å². The molecule has 1 aliphatic rings. The first kappa shape index (κ1) is 23.2. The molecule has 1 aliphatic heterocycles. The number of hydrogen-bond donors (Lipinski definition) is 0. The predicted octanol–water partition coefficient (Wildman–Crippen LogP) is 6.41. The van der Waals surface area contributed by atoms with Crippen molar-refractivity contribution >= 4 is 26.7 Å². The van der Waals surface area contributed by atoms with Crippen molar-refractivity contribution in [2.24, 2.45) is 0 Å². The lowest BCUT2D eigenvalue weighted by Crippen LogP contribution is -2.68. The minimum atomic E-state index is -4.12. The van der Waals surface area contributed by atoms with Gasteiger partial charge in [-0.15, -0.1) is 0 Å². The smallest absolute Gasteiger partial charge is 0.267 e. The number of aryl methyl sites for hydroxylation is 1. The number of rotatable bonds is 5. The number of fused-ring (bicyclic) bond motifs is 1. The summed E-state index contributed by atoms with van der Waals surface area (Å²) in [4.78, 5) is 14.5. The van der Waals surface area contributed by atoms with Gasteiger partial charge in [0.15, 0.2) is 0 Å². The first-order valence-electron chi connectivity index (χ1n) is 12.2. The molecule has 5 aromatic carbocycles. The Morgan fingerprint density at radius 1 is 0.649 bits per heavy atom. The molecule has 0 aliphatic carbocycles. The van der Waals surface area contributed by atoms with Crippen LogP contribution in [-0.4, -0.2) is 18.6 Å². The maximum Gasteiger partial charge on any atom is 0.267 e. The van der Waals surface area contributed by atoms with Crippen molar-refractivity contribution in [2.45, 2.75) is 23.3 Å². The fraction of sp³-hybridized carbons (Fsp3) is 0.0938. The molecule has 5 heteroatoms. The van der Waals surface area contributed by atoms with Crippen LogP contribution in [0.25, 0.3) is 10.8 Å². The topological polar surface area (TPSA) is 54.5 Å². The van der Waals surface area contributed by atoms with Crippen LogP contribution in [0.5, 0.6) is 0 Å². The van der Waals surface area contributed by atoms with Gasteiger partial charge < -0.3 is 0 Å². The lowest BCUT2D eigenvalue weighted by atomic mass is 9.61. The highest BCUT2D eigenvalue weighted by atomic mass is 32.2. The average molecular weight is 504 g/mol. The summed E-state index contributed by atoms with van der Waals surface area (Å²) < 4.78 is 29.2. The van der Waals surface area contributed by atoms with Gasteiger partial charge in [0.25, 0.3) is 15.9 Å². The predicted molar refractivity (Wildman–Crippen MR) is 146 cm³/mol. The monoisotopic (exact) mass is 503 g/mol. The Morgan fingerprint density at radius 3 is 1.78 bits per heavy atom. The number of hydrogen-bond acceptors (Lipinski definition) is 3. The summed E-state index contributed by atoms with van der Waals surface area (Å²) in [5.41, 5.74) is 2.05. The second-order valence-electron chi connectivity index (χ2n) is 9.47. The minimum absolute atomic E-state index is 0.104. The zero-order valence-electron chi connectivity index (χ0n) is 20.3. The van der Waals surface area contributed by atoms with E-state index in [9.17, 15) is 13.2 Å². The van der Waals surface area contributed by atoms with E-state index in [1.165, 1.54) is 0 Å². The van der Waals surface area contributed by atoms with E-state index in [1.54, 1.807) is 24.3 Å². The molecule has 1 saturated heterocycles. The highest BCUT2D eigenvalue weighted by Gasteiger charge is 2.67. The van der Waals surface area contributed by atoms with Gasteiger partial charge in [-0.25, -0.2) is 12.7 Å². The number of amides is 1. The van der Waals surface area contributed by atoms with Gasteiger partial charge in [-0.1, -0.05) is 115 Å². The van der Waals surface area contributed by atoms with Crippen LogP contribution in [-0.2, 0) is 20.2 Å². The van der Waals surface area contributed by atoms with E-state index in [0.717, 1.165) is 37.3 Å². The first-order valence-corrected chi connectivity index (χ1v) is 13.6. The third-order valence-electron chi connectivity index (χ3n) is 7.31. The van der Waals surface area contributed by atoms with Crippen LogP contribution in [0.4, 0.5) is 0 Å². The van der Waals surface area contributed by atoms with Crippen LogP contribution in [0.2, 0.25) is 0 Å². The summed E-state index contributed by atoms with van der Waals surface area (Å²) >= 11 is 0. The number of sulfonamides is 1. The van der Waals surface area contributed by atoms with E-state index in [0.29, 0.717) is 0 Å². The highest BCUT2D eigenvalue weighted by molar-refractivity contribution is 7.89. The molecule has 0 saturated carbocycles. The Hall–Kier alpha value is -4.22.